The van der Waals surface area contributed by atoms with Crippen LogP contribution in [0, 0.1) is 5.92 Å². The Morgan fingerprint density at radius 2 is 2.21 bits per heavy atom. The number of rotatable bonds is 4. The molecule has 0 aromatic heterocycles. The zero-order valence-corrected chi connectivity index (χ0v) is 8.87. The van der Waals surface area contributed by atoms with Gasteiger partial charge in [-0.05, 0) is 12.8 Å². The first-order chi connectivity index (χ1) is 6.60. The van der Waals surface area contributed by atoms with Crippen molar-refractivity contribution >= 4 is 16.3 Å². The Hall–Kier alpha value is -0.680. The van der Waals surface area contributed by atoms with Crippen LogP contribution in [0.15, 0.2) is 12.7 Å². The maximum Gasteiger partial charge on any atom is 0.217 e. The average molecular weight is 217 g/mol. The number of carbonyl (C=O) groups excluding carboxylic acids is 1. The van der Waals surface area contributed by atoms with Crippen LogP contribution in [0.5, 0.6) is 0 Å². The fourth-order valence-electron chi connectivity index (χ4n) is 1.59. The summed E-state index contributed by atoms with van der Waals surface area (Å²) >= 11 is 0. The molecular weight excluding hydrogens is 202 g/mol. The second-order valence-electron chi connectivity index (χ2n) is 3.46. The standard InChI is InChI=1S/C9H15NO3S/c1-2-6-14(12,13)10-5-3-4-9(7-10)8-11/h2,8-9H,1,3-7H2. The first-order valence-electron chi connectivity index (χ1n) is 4.64. The molecule has 1 saturated heterocycles. The highest BCUT2D eigenvalue weighted by Gasteiger charge is 2.27. The molecule has 0 spiro atoms. The van der Waals surface area contributed by atoms with Gasteiger partial charge in [0.1, 0.15) is 6.29 Å². The predicted molar refractivity (Wildman–Crippen MR) is 54.3 cm³/mol. The molecule has 0 bridgehead atoms. The topological polar surface area (TPSA) is 54.5 Å². The minimum Gasteiger partial charge on any atom is -0.303 e. The Bertz CT molecular complexity index is 310. The van der Waals surface area contributed by atoms with E-state index in [1.807, 2.05) is 0 Å². The SMILES string of the molecule is C=CCS(=O)(=O)N1CCCC(C=O)C1. The summed E-state index contributed by atoms with van der Waals surface area (Å²) in [6.07, 6.45) is 3.78. The van der Waals surface area contributed by atoms with Crippen LogP contribution in [0.25, 0.3) is 0 Å². The van der Waals surface area contributed by atoms with E-state index in [0.717, 1.165) is 19.1 Å². The van der Waals surface area contributed by atoms with E-state index in [9.17, 15) is 13.2 Å². The molecule has 0 aliphatic carbocycles. The van der Waals surface area contributed by atoms with Gasteiger partial charge in [0.05, 0.1) is 5.75 Å². The van der Waals surface area contributed by atoms with Gasteiger partial charge < -0.3 is 4.79 Å². The van der Waals surface area contributed by atoms with Gasteiger partial charge in [0, 0.05) is 19.0 Å². The van der Waals surface area contributed by atoms with Crippen molar-refractivity contribution in [3.8, 4) is 0 Å². The molecule has 1 rings (SSSR count). The van der Waals surface area contributed by atoms with Crippen molar-refractivity contribution in [3.63, 3.8) is 0 Å². The van der Waals surface area contributed by atoms with Crippen LogP contribution in [-0.2, 0) is 14.8 Å². The van der Waals surface area contributed by atoms with Crippen molar-refractivity contribution in [2.45, 2.75) is 12.8 Å². The Morgan fingerprint density at radius 1 is 1.50 bits per heavy atom. The second-order valence-corrected chi connectivity index (χ2v) is 5.48. The normalized spacial score (nSPS) is 24.4. The molecule has 14 heavy (non-hydrogen) atoms. The molecule has 0 saturated carbocycles. The van der Waals surface area contributed by atoms with Gasteiger partial charge in [0.2, 0.25) is 10.0 Å². The third-order valence-corrected chi connectivity index (χ3v) is 4.11. The highest BCUT2D eigenvalue weighted by molar-refractivity contribution is 7.89. The van der Waals surface area contributed by atoms with Crippen molar-refractivity contribution < 1.29 is 13.2 Å². The molecule has 1 atom stereocenters. The zero-order valence-electron chi connectivity index (χ0n) is 8.05. The van der Waals surface area contributed by atoms with Crippen molar-refractivity contribution in [2.75, 3.05) is 18.8 Å². The van der Waals surface area contributed by atoms with E-state index >= 15 is 0 Å². The minimum absolute atomic E-state index is 0.0431. The van der Waals surface area contributed by atoms with E-state index in [-0.39, 0.29) is 11.7 Å². The zero-order chi connectivity index (χ0) is 10.6. The molecule has 1 aliphatic heterocycles. The van der Waals surface area contributed by atoms with E-state index in [0.29, 0.717) is 13.1 Å². The monoisotopic (exact) mass is 217 g/mol. The summed E-state index contributed by atoms with van der Waals surface area (Å²) in [5.41, 5.74) is 0. The lowest BCUT2D eigenvalue weighted by atomic mass is 10.0. The van der Waals surface area contributed by atoms with E-state index in [1.54, 1.807) is 0 Å². The molecule has 0 aromatic carbocycles. The van der Waals surface area contributed by atoms with E-state index in [2.05, 4.69) is 6.58 Å². The van der Waals surface area contributed by atoms with Crippen molar-refractivity contribution in [2.24, 2.45) is 5.92 Å². The van der Waals surface area contributed by atoms with Crippen LogP contribution in [0.3, 0.4) is 0 Å². The molecule has 0 amide bonds. The Kier molecular flexibility index (Phi) is 3.83. The second kappa shape index (κ2) is 4.70. The minimum atomic E-state index is -3.22. The summed E-state index contributed by atoms with van der Waals surface area (Å²) in [7, 11) is -3.22. The molecule has 80 valence electrons. The van der Waals surface area contributed by atoms with Gasteiger partial charge in [-0.25, -0.2) is 12.7 Å². The van der Waals surface area contributed by atoms with Gasteiger partial charge >= 0.3 is 0 Å². The Labute approximate surface area is 84.6 Å². The maximum absolute atomic E-state index is 11.6. The van der Waals surface area contributed by atoms with Crippen LogP contribution in [0.2, 0.25) is 0 Å². The lowest BCUT2D eigenvalue weighted by molar-refractivity contribution is -0.112. The number of carbonyl (C=O) groups is 1. The fraction of sp³-hybridized carbons (Fsp3) is 0.667. The van der Waals surface area contributed by atoms with Crippen LogP contribution in [-0.4, -0.2) is 37.9 Å². The largest absolute Gasteiger partial charge is 0.303 e. The quantitative estimate of drug-likeness (QED) is 0.506. The summed E-state index contributed by atoms with van der Waals surface area (Å²) in [5.74, 6) is -0.179. The number of aldehydes is 1. The first kappa shape index (κ1) is 11.4. The lowest BCUT2D eigenvalue weighted by Gasteiger charge is -2.28. The fourth-order valence-corrected chi connectivity index (χ4v) is 2.93. The first-order valence-corrected chi connectivity index (χ1v) is 6.25. The van der Waals surface area contributed by atoms with Crippen molar-refractivity contribution in [1.29, 1.82) is 0 Å². The number of nitrogens with zero attached hydrogens (tertiary/aromatic N) is 1. The molecule has 1 aliphatic rings. The number of sulfonamides is 1. The molecular formula is C9H15NO3S. The molecule has 1 fully saturated rings. The lowest BCUT2D eigenvalue weighted by Crippen LogP contribution is -2.41. The maximum atomic E-state index is 11.6. The molecule has 4 nitrogen and oxygen atoms in total. The van der Waals surface area contributed by atoms with Gasteiger partial charge in [-0.2, -0.15) is 0 Å². The smallest absolute Gasteiger partial charge is 0.217 e. The van der Waals surface area contributed by atoms with E-state index in [4.69, 9.17) is 0 Å². The van der Waals surface area contributed by atoms with Crippen LogP contribution < -0.4 is 0 Å². The molecule has 1 heterocycles. The molecule has 0 radical (unpaired) electrons. The summed E-state index contributed by atoms with van der Waals surface area (Å²) in [6.45, 7) is 4.27. The third kappa shape index (κ3) is 2.65. The van der Waals surface area contributed by atoms with E-state index < -0.39 is 10.0 Å². The van der Waals surface area contributed by atoms with E-state index in [1.165, 1.54) is 10.4 Å². The Morgan fingerprint density at radius 3 is 2.79 bits per heavy atom. The number of hydrogen-bond acceptors (Lipinski definition) is 3. The van der Waals surface area contributed by atoms with Gasteiger partial charge in [0.25, 0.3) is 0 Å². The highest BCUT2D eigenvalue weighted by Crippen LogP contribution is 2.17. The van der Waals surface area contributed by atoms with Gasteiger partial charge in [0.15, 0.2) is 0 Å². The highest BCUT2D eigenvalue weighted by atomic mass is 32.2. The number of piperidine rings is 1. The Balaban J connectivity index is 2.68. The predicted octanol–water partition coefficient (Wildman–Crippen LogP) is 0.413. The summed E-state index contributed by atoms with van der Waals surface area (Å²) in [5, 5.41) is 0. The summed E-state index contributed by atoms with van der Waals surface area (Å²) in [4.78, 5) is 10.5. The van der Waals surface area contributed by atoms with Gasteiger partial charge in [-0.1, -0.05) is 6.08 Å². The molecule has 1 unspecified atom stereocenters. The summed E-state index contributed by atoms with van der Waals surface area (Å²) < 4.78 is 24.6. The third-order valence-electron chi connectivity index (χ3n) is 2.33. The summed E-state index contributed by atoms with van der Waals surface area (Å²) in [6, 6.07) is 0. The van der Waals surface area contributed by atoms with Crippen LogP contribution >= 0.6 is 0 Å². The molecule has 5 heteroatoms. The van der Waals surface area contributed by atoms with Crippen molar-refractivity contribution in [3.05, 3.63) is 12.7 Å². The van der Waals surface area contributed by atoms with Crippen LogP contribution in [0.4, 0.5) is 0 Å². The van der Waals surface area contributed by atoms with Gasteiger partial charge in [-0.15, -0.1) is 6.58 Å². The van der Waals surface area contributed by atoms with Crippen molar-refractivity contribution in [1.82, 2.24) is 4.31 Å². The average Bonchev–Trinajstić information content (AvgIpc) is 2.18. The van der Waals surface area contributed by atoms with Gasteiger partial charge in [-0.3, -0.25) is 0 Å². The van der Waals surface area contributed by atoms with Crippen LogP contribution in [0.1, 0.15) is 12.8 Å². The molecule has 0 N–H and O–H groups in total. The molecule has 0 aromatic rings. The number of hydrogen-bond donors (Lipinski definition) is 0.